The van der Waals surface area contributed by atoms with Gasteiger partial charge in [-0.25, -0.2) is 4.98 Å². The highest BCUT2D eigenvalue weighted by Gasteiger charge is 2.19. The van der Waals surface area contributed by atoms with E-state index in [-0.39, 0.29) is 0 Å². The van der Waals surface area contributed by atoms with E-state index in [0.717, 1.165) is 11.2 Å². The lowest BCUT2D eigenvalue weighted by molar-refractivity contribution is 0.869. The predicted octanol–water partition coefficient (Wildman–Crippen LogP) is 7.82. The van der Waals surface area contributed by atoms with Crippen LogP contribution in [0.5, 0.6) is 0 Å². The highest BCUT2D eigenvalue weighted by Crippen LogP contribution is 2.40. The molecule has 2 aromatic heterocycles. The van der Waals surface area contributed by atoms with Crippen LogP contribution < -0.4 is 0 Å². The Morgan fingerprint density at radius 2 is 1.52 bits per heavy atom. The Hall–Kier alpha value is -3.65. The quantitative estimate of drug-likeness (QED) is 0.290. The van der Waals surface area contributed by atoms with Gasteiger partial charge in [-0.15, -0.1) is 0 Å². The Kier molecular flexibility index (Phi) is 3.91. The van der Waals surface area contributed by atoms with Gasteiger partial charge < -0.3 is 4.57 Å². The molecule has 150 valence electrons. The maximum absolute atomic E-state index is 5.22. The minimum atomic E-state index is 0.511. The smallest absolute Gasteiger partial charge is 0.0959 e. The number of aryl methyl sites for hydroxylation is 1. The lowest BCUT2D eigenvalue weighted by atomic mass is 9.95. The molecule has 0 N–H and O–H groups in total. The van der Waals surface area contributed by atoms with Crippen molar-refractivity contribution >= 4 is 43.5 Å². The minimum Gasteiger partial charge on any atom is -0.342 e. The van der Waals surface area contributed by atoms with Gasteiger partial charge in [-0.1, -0.05) is 86.6 Å². The molecule has 0 saturated heterocycles. The van der Waals surface area contributed by atoms with Gasteiger partial charge in [0, 0.05) is 34.3 Å². The van der Waals surface area contributed by atoms with Crippen LogP contribution in [-0.2, 0) is 7.05 Å². The Bertz CT molecular complexity index is 1620. The molecule has 6 aromatic rings. The standard InChI is InChI=1S/C29H24N2/c1-18(2)19-15-16-21-20(17-19)9-8-12-22(21)28-29-27(23-10-4-6-13-25(23)30-28)24-11-5-7-14-26(24)31(29)3/h4-18H,1-3H3. The maximum Gasteiger partial charge on any atom is 0.0959 e. The Balaban J connectivity index is 1.80. The first-order chi connectivity index (χ1) is 15.1. The van der Waals surface area contributed by atoms with Crippen molar-refractivity contribution in [3.63, 3.8) is 0 Å². The predicted molar refractivity (Wildman–Crippen MR) is 133 cm³/mol. The highest BCUT2D eigenvalue weighted by molar-refractivity contribution is 6.23. The molecular formula is C29H24N2. The van der Waals surface area contributed by atoms with Gasteiger partial charge in [-0.05, 0) is 34.4 Å². The molecule has 0 saturated carbocycles. The normalized spacial score (nSPS) is 12.0. The number of nitrogens with zero attached hydrogens (tertiary/aromatic N) is 2. The lowest BCUT2D eigenvalue weighted by Gasteiger charge is -2.13. The minimum absolute atomic E-state index is 0.511. The van der Waals surface area contributed by atoms with E-state index in [4.69, 9.17) is 4.98 Å². The molecule has 0 radical (unpaired) electrons. The van der Waals surface area contributed by atoms with Crippen LogP contribution in [0.1, 0.15) is 25.3 Å². The van der Waals surface area contributed by atoms with Gasteiger partial charge in [0.05, 0.1) is 16.7 Å². The zero-order chi connectivity index (χ0) is 21.1. The summed E-state index contributed by atoms with van der Waals surface area (Å²) in [6.07, 6.45) is 0. The number of fused-ring (bicyclic) bond motifs is 6. The molecule has 0 aliphatic rings. The molecule has 2 heteroatoms. The summed E-state index contributed by atoms with van der Waals surface area (Å²) < 4.78 is 2.31. The molecule has 0 fully saturated rings. The van der Waals surface area contributed by atoms with E-state index in [2.05, 4.69) is 110 Å². The number of benzene rings is 4. The fourth-order valence-corrected chi connectivity index (χ4v) is 4.95. The summed E-state index contributed by atoms with van der Waals surface area (Å²) in [7, 11) is 2.16. The van der Waals surface area contributed by atoms with E-state index in [0.29, 0.717) is 5.92 Å². The molecule has 0 unspecified atom stereocenters. The van der Waals surface area contributed by atoms with E-state index in [1.54, 1.807) is 0 Å². The molecule has 4 aromatic carbocycles. The first-order valence-electron chi connectivity index (χ1n) is 10.9. The van der Waals surface area contributed by atoms with E-state index >= 15 is 0 Å². The van der Waals surface area contributed by atoms with Gasteiger partial charge >= 0.3 is 0 Å². The second-order valence-electron chi connectivity index (χ2n) is 8.72. The summed E-state index contributed by atoms with van der Waals surface area (Å²) in [4.78, 5) is 5.22. The maximum atomic E-state index is 5.22. The summed E-state index contributed by atoms with van der Waals surface area (Å²) in [5.74, 6) is 0.511. The van der Waals surface area contributed by atoms with E-state index < -0.39 is 0 Å². The largest absolute Gasteiger partial charge is 0.342 e. The van der Waals surface area contributed by atoms with Crippen LogP contribution in [0, 0.1) is 0 Å². The molecule has 31 heavy (non-hydrogen) atoms. The van der Waals surface area contributed by atoms with E-state index in [1.807, 2.05) is 0 Å². The van der Waals surface area contributed by atoms with Crippen LogP contribution in [0.25, 0.3) is 54.7 Å². The fraction of sp³-hybridized carbons (Fsp3) is 0.138. The second kappa shape index (κ2) is 6.68. The first kappa shape index (κ1) is 18.1. The van der Waals surface area contributed by atoms with Crippen molar-refractivity contribution in [2.75, 3.05) is 0 Å². The van der Waals surface area contributed by atoms with Crippen LogP contribution in [0.2, 0.25) is 0 Å². The molecule has 0 aliphatic heterocycles. The molecule has 6 rings (SSSR count). The van der Waals surface area contributed by atoms with Crippen molar-refractivity contribution in [3.05, 3.63) is 90.5 Å². The number of hydrogen-bond donors (Lipinski definition) is 0. The topological polar surface area (TPSA) is 17.8 Å². The van der Waals surface area contributed by atoms with Crippen molar-refractivity contribution in [3.8, 4) is 11.3 Å². The fourth-order valence-electron chi connectivity index (χ4n) is 4.95. The number of para-hydroxylation sites is 2. The lowest BCUT2D eigenvalue weighted by Crippen LogP contribution is -1.95. The van der Waals surface area contributed by atoms with Crippen molar-refractivity contribution in [2.45, 2.75) is 19.8 Å². The summed E-state index contributed by atoms with van der Waals surface area (Å²) in [5.41, 5.74) is 7.08. The van der Waals surface area contributed by atoms with Gasteiger partial charge in [0.1, 0.15) is 0 Å². The van der Waals surface area contributed by atoms with E-state index in [1.165, 1.54) is 49.1 Å². The first-order valence-corrected chi connectivity index (χ1v) is 10.9. The molecule has 0 atom stereocenters. The molecular weight excluding hydrogens is 376 g/mol. The summed E-state index contributed by atoms with van der Waals surface area (Å²) in [6.45, 7) is 4.49. The highest BCUT2D eigenvalue weighted by atomic mass is 15.0. The Morgan fingerprint density at radius 1 is 0.742 bits per heavy atom. The number of pyridine rings is 1. The van der Waals surface area contributed by atoms with Gasteiger partial charge in [0.25, 0.3) is 0 Å². The van der Waals surface area contributed by atoms with Crippen molar-refractivity contribution in [2.24, 2.45) is 7.05 Å². The van der Waals surface area contributed by atoms with Crippen molar-refractivity contribution in [1.82, 2.24) is 9.55 Å². The Morgan fingerprint density at radius 3 is 2.35 bits per heavy atom. The third-order valence-electron chi connectivity index (χ3n) is 6.56. The van der Waals surface area contributed by atoms with Gasteiger partial charge in [-0.3, -0.25) is 0 Å². The molecule has 2 heterocycles. The SMILES string of the molecule is CC(C)c1ccc2c(-c3nc4ccccc4c4c5ccccc5n(C)c34)cccc2c1. The van der Waals surface area contributed by atoms with Crippen LogP contribution in [0.3, 0.4) is 0 Å². The molecule has 0 amide bonds. The number of aromatic nitrogens is 2. The zero-order valence-electron chi connectivity index (χ0n) is 18.1. The Labute approximate surface area is 181 Å². The third kappa shape index (κ3) is 2.61. The molecule has 0 aliphatic carbocycles. The van der Waals surface area contributed by atoms with Crippen LogP contribution in [-0.4, -0.2) is 9.55 Å². The van der Waals surface area contributed by atoms with Crippen molar-refractivity contribution < 1.29 is 0 Å². The van der Waals surface area contributed by atoms with Crippen molar-refractivity contribution in [1.29, 1.82) is 0 Å². The van der Waals surface area contributed by atoms with E-state index in [9.17, 15) is 0 Å². The van der Waals surface area contributed by atoms with Gasteiger partial charge in [0.15, 0.2) is 0 Å². The monoisotopic (exact) mass is 400 g/mol. The number of hydrogen-bond acceptors (Lipinski definition) is 1. The third-order valence-corrected chi connectivity index (χ3v) is 6.56. The summed E-state index contributed by atoms with van der Waals surface area (Å²) in [6, 6.07) is 30.6. The van der Waals surface area contributed by atoms with Crippen LogP contribution in [0.15, 0.2) is 84.9 Å². The molecule has 0 bridgehead atoms. The summed E-state index contributed by atoms with van der Waals surface area (Å²) >= 11 is 0. The second-order valence-corrected chi connectivity index (χ2v) is 8.72. The summed E-state index contributed by atoms with van der Waals surface area (Å²) in [5, 5.41) is 6.30. The van der Waals surface area contributed by atoms with Gasteiger partial charge in [-0.2, -0.15) is 0 Å². The van der Waals surface area contributed by atoms with Crippen LogP contribution >= 0.6 is 0 Å². The molecule has 0 spiro atoms. The average molecular weight is 401 g/mol. The van der Waals surface area contributed by atoms with Gasteiger partial charge in [0.2, 0.25) is 0 Å². The average Bonchev–Trinajstić information content (AvgIpc) is 3.11. The molecule has 2 nitrogen and oxygen atoms in total. The number of rotatable bonds is 2. The van der Waals surface area contributed by atoms with Crippen LogP contribution in [0.4, 0.5) is 0 Å². The zero-order valence-corrected chi connectivity index (χ0v) is 18.1.